The van der Waals surface area contributed by atoms with Crippen molar-refractivity contribution in [2.75, 3.05) is 18.5 Å². The molecule has 3 aromatic rings. The van der Waals surface area contributed by atoms with Crippen LogP contribution in [0.3, 0.4) is 0 Å². The largest absolute Gasteiger partial charge is 0.395 e. The van der Waals surface area contributed by atoms with Gasteiger partial charge in [0.1, 0.15) is 17.5 Å². The minimum absolute atomic E-state index is 0.0250. The maximum absolute atomic E-state index is 9.63. The molecule has 0 atom stereocenters. The number of nitriles is 1. The van der Waals surface area contributed by atoms with Crippen LogP contribution in [0.5, 0.6) is 0 Å². The lowest BCUT2D eigenvalue weighted by atomic mass is 9.98. The van der Waals surface area contributed by atoms with E-state index >= 15 is 0 Å². The van der Waals surface area contributed by atoms with Gasteiger partial charge in [-0.3, -0.25) is 0 Å². The number of hydrogen-bond donors (Lipinski definition) is 2. The van der Waals surface area contributed by atoms with Gasteiger partial charge in [-0.15, -0.1) is 0 Å². The third kappa shape index (κ3) is 3.27. The van der Waals surface area contributed by atoms with E-state index in [0.29, 0.717) is 17.9 Å². The molecule has 0 saturated heterocycles. The Kier molecular flexibility index (Phi) is 4.85. The molecular weight excluding hydrogens is 298 g/mol. The van der Waals surface area contributed by atoms with E-state index in [-0.39, 0.29) is 6.61 Å². The van der Waals surface area contributed by atoms with E-state index < -0.39 is 0 Å². The van der Waals surface area contributed by atoms with Crippen LogP contribution >= 0.6 is 0 Å². The van der Waals surface area contributed by atoms with Crippen LogP contribution in [0.15, 0.2) is 66.7 Å². The first-order valence-electron chi connectivity index (χ1n) is 7.74. The van der Waals surface area contributed by atoms with Crippen LogP contribution in [0, 0.1) is 11.3 Å². The molecule has 0 bridgehead atoms. The van der Waals surface area contributed by atoms with Gasteiger partial charge >= 0.3 is 0 Å². The number of anilines is 1. The molecular formula is C20H17N3O. The number of aliphatic hydroxyl groups excluding tert-OH is 1. The molecule has 0 saturated carbocycles. The van der Waals surface area contributed by atoms with Gasteiger partial charge in [-0.2, -0.15) is 5.26 Å². The Balaban J connectivity index is 2.21. The van der Waals surface area contributed by atoms with E-state index in [2.05, 4.69) is 16.4 Å². The molecule has 118 valence electrons. The number of benzene rings is 2. The molecule has 2 aromatic carbocycles. The molecule has 0 aliphatic heterocycles. The third-order valence-corrected chi connectivity index (χ3v) is 3.69. The van der Waals surface area contributed by atoms with E-state index in [1.807, 2.05) is 66.7 Å². The van der Waals surface area contributed by atoms with E-state index in [1.54, 1.807) is 0 Å². The van der Waals surface area contributed by atoms with Crippen LogP contribution in [0.1, 0.15) is 5.56 Å². The predicted octanol–water partition coefficient (Wildman–Crippen LogP) is 3.69. The van der Waals surface area contributed by atoms with Crippen molar-refractivity contribution in [2.24, 2.45) is 0 Å². The van der Waals surface area contributed by atoms with E-state index in [9.17, 15) is 5.26 Å². The van der Waals surface area contributed by atoms with Gasteiger partial charge in [-0.05, 0) is 11.6 Å². The average molecular weight is 315 g/mol. The highest BCUT2D eigenvalue weighted by Gasteiger charge is 2.14. The molecule has 2 N–H and O–H groups in total. The van der Waals surface area contributed by atoms with Gasteiger partial charge in [0.2, 0.25) is 0 Å². The lowest BCUT2D eigenvalue weighted by Gasteiger charge is -2.13. The maximum atomic E-state index is 9.63. The molecule has 0 aliphatic rings. The maximum Gasteiger partial charge on any atom is 0.145 e. The van der Waals surface area contributed by atoms with Crippen LogP contribution < -0.4 is 5.32 Å². The predicted molar refractivity (Wildman–Crippen MR) is 95.4 cm³/mol. The van der Waals surface area contributed by atoms with Crippen LogP contribution in [0.2, 0.25) is 0 Å². The summed E-state index contributed by atoms with van der Waals surface area (Å²) in [6.07, 6.45) is 0. The topological polar surface area (TPSA) is 68.9 Å². The van der Waals surface area contributed by atoms with Crippen molar-refractivity contribution in [1.82, 2.24) is 4.98 Å². The Morgan fingerprint density at radius 2 is 1.58 bits per heavy atom. The summed E-state index contributed by atoms with van der Waals surface area (Å²) in [5, 5.41) is 21.8. The third-order valence-electron chi connectivity index (χ3n) is 3.69. The second-order valence-electron chi connectivity index (χ2n) is 5.27. The lowest BCUT2D eigenvalue weighted by Crippen LogP contribution is -2.09. The molecule has 0 fully saturated rings. The number of hydrogen-bond acceptors (Lipinski definition) is 4. The normalized spacial score (nSPS) is 10.2. The summed E-state index contributed by atoms with van der Waals surface area (Å²) in [6.45, 7) is 0.316. The van der Waals surface area contributed by atoms with Crippen molar-refractivity contribution in [1.29, 1.82) is 5.26 Å². The second-order valence-corrected chi connectivity index (χ2v) is 5.27. The number of aromatic nitrogens is 1. The van der Waals surface area contributed by atoms with Crippen LogP contribution in [0.25, 0.3) is 22.4 Å². The average Bonchev–Trinajstić information content (AvgIpc) is 2.67. The van der Waals surface area contributed by atoms with Crippen molar-refractivity contribution < 1.29 is 5.11 Å². The van der Waals surface area contributed by atoms with Gasteiger partial charge in [0.05, 0.1) is 12.3 Å². The van der Waals surface area contributed by atoms with Crippen molar-refractivity contribution in [3.8, 4) is 28.5 Å². The lowest BCUT2D eigenvalue weighted by molar-refractivity contribution is 0.311. The Bertz CT molecular complexity index is 855. The Hall–Kier alpha value is -3.16. The molecule has 4 heteroatoms. The summed E-state index contributed by atoms with van der Waals surface area (Å²) < 4.78 is 0. The zero-order valence-corrected chi connectivity index (χ0v) is 13.1. The van der Waals surface area contributed by atoms with E-state index in [0.717, 1.165) is 22.4 Å². The van der Waals surface area contributed by atoms with Crippen LogP contribution in [-0.4, -0.2) is 23.2 Å². The molecule has 4 nitrogen and oxygen atoms in total. The van der Waals surface area contributed by atoms with Gasteiger partial charge in [0.15, 0.2) is 0 Å². The SMILES string of the molecule is N#Cc1c(-c2ccccc2)cc(-c2ccccc2)nc1NCCO. The van der Waals surface area contributed by atoms with Crippen LogP contribution in [0.4, 0.5) is 5.82 Å². The summed E-state index contributed by atoms with van der Waals surface area (Å²) >= 11 is 0. The highest BCUT2D eigenvalue weighted by Crippen LogP contribution is 2.32. The van der Waals surface area contributed by atoms with Crippen molar-refractivity contribution in [3.05, 3.63) is 72.3 Å². The molecule has 3 rings (SSSR count). The molecule has 1 heterocycles. The molecule has 0 radical (unpaired) electrons. The number of pyridine rings is 1. The van der Waals surface area contributed by atoms with Gasteiger partial charge in [-0.25, -0.2) is 4.98 Å². The molecule has 0 unspecified atom stereocenters. The standard InChI is InChI=1S/C20H17N3O/c21-14-18-17(15-7-3-1-4-8-15)13-19(16-9-5-2-6-10-16)23-20(18)22-11-12-24/h1-10,13,24H,11-12H2,(H,22,23). The smallest absolute Gasteiger partial charge is 0.145 e. The van der Waals surface area contributed by atoms with Crippen molar-refractivity contribution in [3.63, 3.8) is 0 Å². The fourth-order valence-corrected chi connectivity index (χ4v) is 2.56. The Morgan fingerprint density at radius 3 is 2.17 bits per heavy atom. The fraction of sp³-hybridized carbons (Fsp3) is 0.100. The van der Waals surface area contributed by atoms with Crippen molar-refractivity contribution >= 4 is 5.82 Å². The van der Waals surface area contributed by atoms with Crippen LogP contribution in [-0.2, 0) is 0 Å². The van der Waals surface area contributed by atoms with Gasteiger partial charge in [0.25, 0.3) is 0 Å². The zero-order chi connectivity index (χ0) is 16.8. The molecule has 24 heavy (non-hydrogen) atoms. The molecule has 0 spiro atoms. The minimum atomic E-state index is -0.0250. The number of nitrogens with zero attached hydrogens (tertiary/aromatic N) is 2. The summed E-state index contributed by atoms with van der Waals surface area (Å²) in [7, 11) is 0. The quantitative estimate of drug-likeness (QED) is 0.753. The number of rotatable bonds is 5. The highest BCUT2D eigenvalue weighted by molar-refractivity contribution is 5.80. The first kappa shape index (κ1) is 15.7. The zero-order valence-electron chi connectivity index (χ0n) is 13.1. The van der Waals surface area contributed by atoms with Gasteiger partial charge in [0, 0.05) is 17.7 Å². The first-order chi connectivity index (χ1) is 11.8. The summed E-state index contributed by atoms with van der Waals surface area (Å²) in [4.78, 5) is 4.59. The summed E-state index contributed by atoms with van der Waals surface area (Å²) in [5.41, 5.74) is 4.03. The highest BCUT2D eigenvalue weighted by atomic mass is 16.3. The monoisotopic (exact) mass is 315 g/mol. The molecule has 0 aliphatic carbocycles. The van der Waals surface area contributed by atoms with Gasteiger partial charge < -0.3 is 10.4 Å². The van der Waals surface area contributed by atoms with E-state index in [1.165, 1.54) is 0 Å². The van der Waals surface area contributed by atoms with Crippen molar-refractivity contribution in [2.45, 2.75) is 0 Å². The number of nitrogens with one attached hydrogen (secondary N) is 1. The second kappa shape index (κ2) is 7.40. The first-order valence-corrected chi connectivity index (χ1v) is 7.74. The summed E-state index contributed by atoms with van der Waals surface area (Å²) in [5.74, 6) is 0.492. The summed E-state index contributed by atoms with van der Waals surface area (Å²) in [6, 6.07) is 23.8. The minimum Gasteiger partial charge on any atom is -0.395 e. The molecule has 0 amide bonds. The Morgan fingerprint density at radius 1 is 0.958 bits per heavy atom. The van der Waals surface area contributed by atoms with E-state index in [4.69, 9.17) is 5.11 Å². The molecule has 1 aromatic heterocycles. The van der Waals surface area contributed by atoms with Gasteiger partial charge in [-0.1, -0.05) is 60.7 Å². The number of aliphatic hydroxyl groups is 1. The fourth-order valence-electron chi connectivity index (χ4n) is 2.56. The Labute approximate surface area is 141 Å².